The van der Waals surface area contributed by atoms with Crippen molar-refractivity contribution < 1.29 is 14.2 Å². The summed E-state index contributed by atoms with van der Waals surface area (Å²) in [7, 11) is 1.71. The molecule has 0 radical (unpaired) electrons. The Labute approximate surface area is 122 Å². The zero-order chi connectivity index (χ0) is 14.8. The molecule has 0 aromatic carbocycles. The normalized spacial score (nSPS) is 37.3. The van der Waals surface area contributed by atoms with Crippen LogP contribution in [0.4, 0.5) is 0 Å². The van der Waals surface area contributed by atoms with Crippen molar-refractivity contribution in [2.24, 2.45) is 5.92 Å². The van der Waals surface area contributed by atoms with Gasteiger partial charge in [0.15, 0.2) is 6.29 Å². The maximum absolute atomic E-state index is 6.24. The molecule has 2 rings (SSSR count). The van der Waals surface area contributed by atoms with Gasteiger partial charge < -0.3 is 14.2 Å². The molecule has 0 spiro atoms. The van der Waals surface area contributed by atoms with Gasteiger partial charge in [0.2, 0.25) is 0 Å². The summed E-state index contributed by atoms with van der Waals surface area (Å²) in [5, 5.41) is 0. The van der Waals surface area contributed by atoms with E-state index < -0.39 is 0 Å². The lowest BCUT2D eigenvalue weighted by Gasteiger charge is -2.27. The summed E-state index contributed by atoms with van der Waals surface area (Å²) >= 11 is 0. The third-order valence-electron chi connectivity index (χ3n) is 4.28. The van der Waals surface area contributed by atoms with E-state index in [0.717, 1.165) is 25.0 Å². The molecule has 3 heteroatoms. The van der Waals surface area contributed by atoms with Crippen LogP contribution in [0.2, 0.25) is 0 Å². The highest BCUT2D eigenvalue weighted by molar-refractivity contribution is 5.26. The Morgan fingerprint density at radius 3 is 2.80 bits per heavy atom. The third-order valence-corrected chi connectivity index (χ3v) is 4.28. The monoisotopic (exact) mass is 278 g/mol. The summed E-state index contributed by atoms with van der Waals surface area (Å²) in [6.07, 6.45) is 8.58. The lowest BCUT2D eigenvalue weighted by Crippen LogP contribution is -2.35. The minimum atomic E-state index is -0.271. The van der Waals surface area contributed by atoms with Crippen LogP contribution in [0.15, 0.2) is 36.1 Å². The summed E-state index contributed by atoms with van der Waals surface area (Å²) in [5.74, 6) is 1.38. The summed E-state index contributed by atoms with van der Waals surface area (Å²) in [4.78, 5) is 0. The Bertz CT molecular complexity index is 424. The Morgan fingerprint density at radius 2 is 2.25 bits per heavy atom. The molecular weight excluding hydrogens is 252 g/mol. The second-order valence-electron chi connectivity index (χ2n) is 5.91. The largest absolute Gasteiger partial charge is 0.501 e. The zero-order valence-corrected chi connectivity index (χ0v) is 13.0. The van der Waals surface area contributed by atoms with Gasteiger partial charge in [-0.2, -0.15) is 0 Å². The van der Waals surface area contributed by atoms with Gasteiger partial charge in [0.25, 0.3) is 0 Å². The summed E-state index contributed by atoms with van der Waals surface area (Å²) < 4.78 is 17.6. The van der Waals surface area contributed by atoms with Crippen LogP contribution in [0.3, 0.4) is 0 Å². The van der Waals surface area contributed by atoms with Gasteiger partial charge in [-0.15, -0.1) is 6.58 Å². The van der Waals surface area contributed by atoms with E-state index in [0.29, 0.717) is 5.92 Å². The standard InChI is InChI=1S/C17H26O3/c1-6-10-17(4)15(7-2)19-16(20-17)14-9-8-13(18-5)11-12(14)3/h7-9,12,15-16H,2,6,10-11H2,1,3-5H3/t12-,15+,16?,17-/m1/s1. The van der Waals surface area contributed by atoms with Crippen LogP contribution < -0.4 is 0 Å². The molecule has 1 fully saturated rings. The quantitative estimate of drug-likeness (QED) is 0.712. The van der Waals surface area contributed by atoms with Crippen LogP contribution >= 0.6 is 0 Å². The molecule has 0 N–H and O–H groups in total. The van der Waals surface area contributed by atoms with Crippen LogP contribution in [0, 0.1) is 5.92 Å². The molecule has 1 saturated heterocycles. The molecule has 0 amide bonds. The molecule has 0 saturated carbocycles. The van der Waals surface area contributed by atoms with Crippen molar-refractivity contribution in [2.45, 2.75) is 58.0 Å². The van der Waals surface area contributed by atoms with Gasteiger partial charge in [0.1, 0.15) is 6.10 Å². The van der Waals surface area contributed by atoms with Crippen molar-refractivity contribution in [1.29, 1.82) is 0 Å². The number of hydrogen-bond donors (Lipinski definition) is 0. The highest BCUT2D eigenvalue weighted by atomic mass is 16.7. The predicted molar refractivity (Wildman–Crippen MR) is 80.2 cm³/mol. The topological polar surface area (TPSA) is 27.7 Å². The Hall–Kier alpha value is -1.06. The van der Waals surface area contributed by atoms with Gasteiger partial charge in [-0.3, -0.25) is 0 Å². The lowest BCUT2D eigenvalue weighted by atomic mass is 9.91. The minimum absolute atomic E-state index is 0.0478. The van der Waals surface area contributed by atoms with E-state index in [-0.39, 0.29) is 18.0 Å². The Kier molecular flexibility index (Phi) is 4.71. The van der Waals surface area contributed by atoms with Crippen LogP contribution in [0.1, 0.15) is 40.0 Å². The molecule has 3 nitrogen and oxygen atoms in total. The van der Waals surface area contributed by atoms with Crippen LogP contribution in [0.5, 0.6) is 0 Å². The van der Waals surface area contributed by atoms with Gasteiger partial charge in [-0.05, 0) is 30.9 Å². The number of hydrogen-bond acceptors (Lipinski definition) is 3. The second-order valence-corrected chi connectivity index (χ2v) is 5.91. The Balaban J connectivity index is 2.17. The summed E-state index contributed by atoms with van der Waals surface area (Å²) in [5.41, 5.74) is 0.921. The molecule has 0 aromatic heterocycles. The Morgan fingerprint density at radius 1 is 1.50 bits per heavy atom. The van der Waals surface area contributed by atoms with E-state index in [4.69, 9.17) is 14.2 Å². The van der Waals surface area contributed by atoms with Gasteiger partial charge in [0, 0.05) is 6.42 Å². The van der Waals surface area contributed by atoms with E-state index in [1.807, 2.05) is 12.2 Å². The van der Waals surface area contributed by atoms with E-state index in [9.17, 15) is 0 Å². The lowest BCUT2D eigenvalue weighted by molar-refractivity contribution is -0.0667. The molecule has 1 aliphatic carbocycles. The van der Waals surface area contributed by atoms with Crippen molar-refractivity contribution in [3.8, 4) is 0 Å². The van der Waals surface area contributed by atoms with Crippen molar-refractivity contribution in [1.82, 2.24) is 0 Å². The fourth-order valence-electron chi connectivity index (χ4n) is 3.07. The van der Waals surface area contributed by atoms with E-state index in [2.05, 4.69) is 33.4 Å². The van der Waals surface area contributed by atoms with E-state index >= 15 is 0 Å². The number of rotatable bonds is 5. The molecule has 1 heterocycles. The predicted octanol–water partition coefficient (Wildman–Crippen LogP) is 3.97. The molecular formula is C17H26O3. The third kappa shape index (κ3) is 2.84. The van der Waals surface area contributed by atoms with Crippen molar-refractivity contribution in [2.75, 3.05) is 7.11 Å². The van der Waals surface area contributed by atoms with Crippen molar-refractivity contribution >= 4 is 0 Å². The molecule has 0 aromatic rings. The SMILES string of the molecule is C=C[C@@H]1OC(C2=CC=C(OC)C[C@H]2C)O[C@]1(C)CCC. The fourth-order valence-corrected chi connectivity index (χ4v) is 3.07. The molecule has 1 unspecified atom stereocenters. The number of allylic oxidation sites excluding steroid dienone is 3. The first kappa shape index (κ1) is 15.3. The molecule has 20 heavy (non-hydrogen) atoms. The maximum Gasteiger partial charge on any atom is 0.182 e. The van der Waals surface area contributed by atoms with Crippen molar-refractivity contribution in [3.63, 3.8) is 0 Å². The second kappa shape index (κ2) is 6.15. The van der Waals surface area contributed by atoms with Crippen LogP contribution in [-0.2, 0) is 14.2 Å². The number of methoxy groups -OCH3 is 1. The van der Waals surface area contributed by atoms with Crippen LogP contribution in [-0.4, -0.2) is 25.1 Å². The fraction of sp³-hybridized carbons (Fsp3) is 0.647. The first-order valence-electron chi connectivity index (χ1n) is 7.44. The highest BCUT2D eigenvalue weighted by Gasteiger charge is 2.46. The smallest absolute Gasteiger partial charge is 0.182 e. The van der Waals surface area contributed by atoms with Crippen molar-refractivity contribution in [3.05, 3.63) is 36.1 Å². The first-order chi connectivity index (χ1) is 9.54. The number of ether oxygens (including phenoxy) is 3. The molecule has 4 atom stereocenters. The molecule has 0 bridgehead atoms. The first-order valence-corrected chi connectivity index (χ1v) is 7.44. The van der Waals surface area contributed by atoms with E-state index in [1.54, 1.807) is 7.11 Å². The zero-order valence-electron chi connectivity index (χ0n) is 13.0. The van der Waals surface area contributed by atoms with Gasteiger partial charge in [-0.1, -0.05) is 32.4 Å². The van der Waals surface area contributed by atoms with Gasteiger partial charge in [-0.25, -0.2) is 0 Å². The molecule has 112 valence electrons. The molecule has 2 aliphatic rings. The van der Waals surface area contributed by atoms with E-state index in [1.165, 1.54) is 5.57 Å². The average molecular weight is 278 g/mol. The van der Waals surface area contributed by atoms with Crippen LogP contribution in [0.25, 0.3) is 0 Å². The van der Waals surface area contributed by atoms with Gasteiger partial charge >= 0.3 is 0 Å². The summed E-state index contributed by atoms with van der Waals surface area (Å²) in [6.45, 7) is 10.4. The summed E-state index contributed by atoms with van der Waals surface area (Å²) in [6, 6.07) is 0. The minimum Gasteiger partial charge on any atom is -0.501 e. The maximum atomic E-state index is 6.24. The highest BCUT2D eigenvalue weighted by Crippen LogP contribution is 2.40. The van der Waals surface area contributed by atoms with Gasteiger partial charge in [0.05, 0.1) is 18.5 Å². The molecule has 1 aliphatic heterocycles. The average Bonchev–Trinajstić information content (AvgIpc) is 2.75.